The first-order valence-electron chi connectivity index (χ1n) is 2.76. The Labute approximate surface area is 55.9 Å². The van der Waals surface area contributed by atoms with Crippen LogP contribution in [-0.4, -0.2) is 4.98 Å². The summed E-state index contributed by atoms with van der Waals surface area (Å²) in [4.78, 5) is 2.38. The lowest BCUT2D eigenvalue weighted by atomic mass is 10.3. The summed E-state index contributed by atoms with van der Waals surface area (Å²) in [7, 11) is 0. The lowest BCUT2D eigenvalue weighted by Gasteiger charge is -1.95. The van der Waals surface area contributed by atoms with Crippen LogP contribution < -0.4 is 0 Å². The maximum atomic E-state index is 11.9. The highest BCUT2D eigenvalue weighted by molar-refractivity contribution is 5.20. The summed E-state index contributed by atoms with van der Waals surface area (Å²) in [5, 5.41) is 0. The van der Waals surface area contributed by atoms with Gasteiger partial charge in [0.15, 0.2) is 0 Å². The molecule has 0 aliphatic heterocycles. The number of aromatic amines is 1. The third-order valence-electron chi connectivity index (χ3n) is 1.24. The minimum absolute atomic E-state index is 0.0324. The lowest BCUT2D eigenvalue weighted by molar-refractivity contribution is 0.149. The highest BCUT2D eigenvalue weighted by atomic mass is 19.3. The molecule has 0 aliphatic carbocycles. The van der Waals surface area contributed by atoms with Crippen LogP contribution in [0.5, 0.6) is 0 Å². The first-order chi connectivity index (χ1) is 4.75. The third-order valence-corrected chi connectivity index (χ3v) is 1.24. The summed E-state index contributed by atoms with van der Waals surface area (Å²) in [6, 6.07) is 1.18. The number of aromatic nitrogens is 1. The Morgan fingerprint density at radius 2 is 2.20 bits per heavy atom. The number of nitrogens with one attached hydrogen (secondary N) is 1. The predicted octanol–water partition coefficient (Wildman–Crippen LogP) is 2.42. The first kappa shape index (κ1) is 7.18. The van der Waals surface area contributed by atoms with Crippen LogP contribution in [0.25, 0.3) is 0 Å². The number of rotatable bonds is 2. The number of alkyl halides is 3. The van der Waals surface area contributed by atoms with Gasteiger partial charge in [0.25, 0.3) is 6.43 Å². The molecular weight excluding hydrogens is 143 g/mol. The smallest absolute Gasteiger partial charge is 0.265 e. The molecule has 0 spiro atoms. The number of hydrogen-bond donors (Lipinski definition) is 1. The average molecular weight is 149 g/mol. The Balaban J connectivity index is 2.90. The van der Waals surface area contributed by atoms with E-state index in [0.29, 0.717) is 0 Å². The van der Waals surface area contributed by atoms with Gasteiger partial charge >= 0.3 is 0 Å². The fourth-order valence-corrected chi connectivity index (χ4v) is 0.736. The summed E-state index contributed by atoms with van der Waals surface area (Å²) >= 11 is 0. The summed E-state index contributed by atoms with van der Waals surface area (Å²) in [6.07, 6.45) is -1.28. The molecule has 0 unspecified atom stereocenters. The molecule has 0 saturated carbocycles. The van der Waals surface area contributed by atoms with Crippen molar-refractivity contribution in [2.24, 2.45) is 0 Å². The van der Waals surface area contributed by atoms with Crippen molar-refractivity contribution < 1.29 is 13.2 Å². The van der Waals surface area contributed by atoms with Gasteiger partial charge in [-0.25, -0.2) is 13.2 Å². The van der Waals surface area contributed by atoms with E-state index in [1.54, 1.807) is 0 Å². The lowest BCUT2D eigenvalue weighted by Crippen LogP contribution is -1.87. The van der Waals surface area contributed by atoms with Gasteiger partial charge in [-0.1, -0.05) is 0 Å². The minimum Gasteiger partial charge on any atom is -0.362 e. The molecule has 1 rings (SSSR count). The van der Waals surface area contributed by atoms with E-state index in [9.17, 15) is 13.2 Å². The van der Waals surface area contributed by atoms with Gasteiger partial charge in [-0.3, -0.25) is 0 Å². The van der Waals surface area contributed by atoms with Crippen LogP contribution in [-0.2, 0) is 6.67 Å². The molecule has 4 heteroatoms. The molecule has 0 saturated heterocycles. The summed E-state index contributed by atoms with van der Waals surface area (Å²) < 4.78 is 35.5. The highest BCUT2D eigenvalue weighted by Gasteiger charge is 2.12. The summed E-state index contributed by atoms with van der Waals surface area (Å²) in [5.74, 6) is 0. The molecule has 1 nitrogen and oxygen atoms in total. The van der Waals surface area contributed by atoms with E-state index >= 15 is 0 Å². The first-order valence-corrected chi connectivity index (χ1v) is 2.76. The number of hydrogen-bond acceptors (Lipinski definition) is 0. The fraction of sp³-hybridized carbons (Fsp3) is 0.333. The van der Waals surface area contributed by atoms with E-state index in [-0.39, 0.29) is 11.3 Å². The molecule has 0 aliphatic rings. The van der Waals surface area contributed by atoms with E-state index in [2.05, 4.69) is 4.98 Å². The summed E-state index contributed by atoms with van der Waals surface area (Å²) in [5.41, 5.74) is -0.280. The average Bonchev–Trinajstić information content (AvgIpc) is 2.33. The van der Waals surface area contributed by atoms with Gasteiger partial charge < -0.3 is 4.98 Å². The summed E-state index contributed by atoms with van der Waals surface area (Å²) in [6.45, 7) is -0.868. The molecule has 0 atom stereocenters. The zero-order valence-corrected chi connectivity index (χ0v) is 5.07. The van der Waals surface area contributed by atoms with E-state index in [4.69, 9.17) is 0 Å². The molecule has 1 aromatic rings. The van der Waals surface area contributed by atoms with Crippen molar-refractivity contribution in [3.63, 3.8) is 0 Å². The van der Waals surface area contributed by atoms with Crippen molar-refractivity contribution in [3.05, 3.63) is 23.5 Å². The fourth-order valence-electron chi connectivity index (χ4n) is 0.736. The second-order valence-corrected chi connectivity index (χ2v) is 1.85. The molecule has 0 fully saturated rings. The van der Waals surface area contributed by atoms with Crippen LogP contribution >= 0.6 is 0 Å². The Kier molecular flexibility index (Phi) is 1.99. The largest absolute Gasteiger partial charge is 0.362 e. The van der Waals surface area contributed by atoms with Crippen LogP contribution in [0.4, 0.5) is 13.2 Å². The molecule has 1 heterocycles. The SMILES string of the molecule is FCc1[nH]ccc1C(F)F. The Morgan fingerprint density at radius 3 is 2.60 bits per heavy atom. The Hall–Kier alpha value is -0.930. The molecular formula is C6H6F3N. The number of H-pyrrole nitrogens is 1. The van der Waals surface area contributed by atoms with Gasteiger partial charge in [0.2, 0.25) is 0 Å². The standard InChI is InChI=1S/C6H6F3N/c7-3-5-4(6(8)9)1-2-10-5/h1-2,6,10H,3H2. The third kappa shape index (κ3) is 1.15. The van der Waals surface area contributed by atoms with E-state index < -0.39 is 13.1 Å². The van der Waals surface area contributed by atoms with Crippen molar-refractivity contribution in [2.45, 2.75) is 13.1 Å². The van der Waals surface area contributed by atoms with Gasteiger partial charge in [0, 0.05) is 11.8 Å². The maximum absolute atomic E-state index is 11.9. The van der Waals surface area contributed by atoms with Crippen LogP contribution in [0.2, 0.25) is 0 Å². The molecule has 0 radical (unpaired) electrons. The topological polar surface area (TPSA) is 15.8 Å². The molecule has 0 amide bonds. The van der Waals surface area contributed by atoms with E-state index in [1.807, 2.05) is 0 Å². The Morgan fingerprint density at radius 1 is 1.50 bits per heavy atom. The van der Waals surface area contributed by atoms with Crippen molar-refractivity contribution in [1.29, 1.82) is 0 Å². The second-order valence-electron chi connectivity index (χ2n) is 1.85. The normalized spacial score (nSPS) is 10.8. The van der Waals surface area contributed by atoms with Gasteiger partial charge in [0.1, 0.15) is 6.67 Å². The van der Waals surface area contributed by atoms with Gasteiger partial charge in [0.05, 0.1) is 5.69 Å². The van der Waals surface area contributed by atoms with Gasteiger partial charge in [-0.15, -0.1) is 0 Å². The number of halogens is 3. The highest BCUT2D eigenvalue weighted by Crippen LogP contribution is 2.22. The van der Waals surface area contributed by atoms with E-state index in [1.165, 1.54) is 12.3 Å². The Bertz CT molecular complexity index is 207. The van der Waals surface area contributed by atoms with Crippen LogP contribution in [0, 0.1) is 0 Å². The van der Waals surface area contributed by atoms with Crippen LogP contribution in [0.15, 0.2) is 12.3 Å². The van der Waals surface area contributed by atoms with Crippen molar-refractivity contribution >= 4 is 0 Å². The molecule has 0 bridgehead atoms. The van der Waals surface area contributed by atoms with Crippen molar-refractivity contribution in [3.8, 4) is 0 Å². The van der Waals surface area contributed by atoms with Crippen molar-refractivity contribution in [2.75, 3.05) is 0 Å². The zero-order valence-electron chi connectivity index (χ0n) is 5.07. The van der Waals surface area contributed by atoms with Gasteiger partial charge in [-0.2, -0.15) is 0 Å². The molecule has 1 aromatic heterocycles. The van der Waals surface area contributed by atoms with Crippen LogP contribution in [0.3, 0.4) is 0 Å². The quantitative estimate of drug-likeness (QED) is 0.664. The molecule has 1 N–H and O–H groups in total. The molecule has 56 valence electrons. The molecule has 10 heavy (non-hydrogen) atoms. The van der Waals surface area contributed by atoms with E-state index in [0.717, 1.165) is 0 Å². The second kappa shape index (κ2) is 2.77. The maximum Gasteiger partial charge on any atom is 0.265 e. The zero-order chi connectivity index (χ0) is 7.56. The minimum atomic E-state index is -2.59. The monoisotopic (exact) mass is 149 g/mol. The predicted molar refractivity (Wildman–Crippen MR) is 30.6 cm³/mol. The van der Waals surface area contributed by atoms with Gasteiger partial charge in [-0.05, 0) is 6.07 Å². The van der Waals surface area contributed by atoms with Crippen LogP contribution in [0.1, 0.15) is 17.7 Å². The molecule has 0 aromatic carbocycles. The van der Waals surface area contributed by atoms with Crippen molar-refractivity contribution in [1.82, 2.24) is 4.98 Å².